The molecule has 0 N–H and O–H groups in total. The Hall–Kier alpha value is -1.53. The molecule has 0 fully saturated rings. The van der Waals surface area contributed by atoms with Crippen LogP contribution in [0, 0.1) is 0 Å². The zero-order valence-corrected chi connectivity index (χ0v) is 13.6. The Morgan fingerprint density at radius 2 is 1.95 bits per heavy atom. The highest BCUT2D eigenvalue weighted by Gasteiger charge is 2.23. The summed E-state index contributed by atoms with van der Waals surface area (Å²) < 4.78 is 27.9. The van der Waals surface area contributed by atoms with Crippen LogP contribution >= 0.6 is 11.6 Å². The number of halogens is 1. The van der Waals surface area contributed by atoms with Gasteiger partial charge in [0.25, 0.3) is 10.0 Å². The minimum Gasteiger partial charge on any atom is -0.270 e. The van der Waals surface area contributed by atoms with E-state index in [1.165, 1.54) is 34.0 Å². The fourth-order valence-corrected chi connectivity index (χ4v) is 3.25. The number of anilines is 1. The van der Waals surface area contributed by atoms with E-state index in [2.05, 4.69) is 12.0 Å². The van der Waals surface area contributed by atoms with Crippen LogP contribution in [-0.2, 0) is 23.0 Å². The lowest BCUT2D eigenvalue weighted by Gasteiger charge is -2.18. The van der Waals surface area contributed by atoms with E-state index in [1.54, 1.807) is 12.1 Å². The normalized spacial score (nSPS) is 11.6. The second-order valence-electron chi connectivity index (χ2n) is 4.62. The van der Waals surface area contributed by atoms with Gasteiger partial charge in [0.2, 0.25) is 0 Å². The van der Waals surface area contributed by atoms with Crippen molar-refractivity contribution < 1.29 is 8.42 Å². The topological polar surface area (TPSA) is 55.2 Å². The largest absolute Gasteiger partial charge is 0.270 e. The quantitative estimate of drug-likeness (QED) is 0.766. The lowest BCUT2D eigenvalue weighted by atomic mass is 10.1. The minimum atomic E-state index is -3.60. The van der Waals surface area contributed by atoms with Gasteiger partial charge in [-0.15, -0.1) is 11.6 Å². The number of aryl methyl sites for hydroxylation is 2. The molecule has 1 aromatic carbocycles. The zero-order valence-electron chi connectivity index (χ0n) is 12.0. The third kappa shape index (κ3) is 3.39. The van der Waals surface area contributed by atoms with E-state index in [9.17, 15) is 8.42 Å². The molecule has 114 valence electrons. The van der Waals surface area contributed by atoms with Crippen molar-refractivity contribution in [2.24, 2.45) is 0 Å². The number of benzene rings is 1. The van der Waals surface area contributed by atoms with Gasteiger partial charge in [0.05, 0.1) is 18.4 Å². The number of nitrogens with zero attached hydrogens (tertiary/aromatic N) is 3. The van der Waals surface area contributed by atoms with Crippen LogP contribution in [0.25, 0.3) is 0 Å². The van der Waals surface area contributed by atoms with Crippen LogP contribution in [0.4, 0.5) is 5.69 Å². The molecule has 0 aliphatic rings. The van der Waals surface area contributed by atoms with E-state index < -0.39 is 10.0 Å². The van der Waals surface area contributed by atoms with Gasteiger partial charge < -0.3 is 0 Å². The maximum absolute atomic E-state index is 12.5. The van der Waals surface area contributed by atoms with E-state index in [0.29, 0.717) is 18.1 Å². The Morgan fingerprint density at radius 3 is 2.52 bits per heavy atom. The van der Waals surface area contributed by atoms with E-state index in [0.717, 1.165) is 6.42 Å². The Labute approximate surface area is 130 Å². The Morgan fingerprint density at radius 1 is 1.29 bits per heavy atom. The molecular weight excluding hydrogens is 310 g/mol. The van der Waals surface area contributed by atoms with Gasteiger partial charge in [-0.1, -0.05) is 19.1 Å². The summed E-state index contributed by atoms with van der Waals surface area (Å²) in [4.78, 5) is 0.162. The van der Waals surface area contributed by atoms with Crippen LogP contribution in [0.15, 0.2) is 41.6 Å². The number of hydrogen-bond acceptors (Lipinski definition) is 3. The maximum atomic E-state index is 12.5. The molecule has 0 saturated carbocycles. The molecule has 5 nitrogen and oxygen atoms in total. The molecule has 2 aromatic rings. The number of alkyl halides is 1. The standard InChI is InChI=1S/C14H18ClN3O2S/c1-3-12-4-6-13(7-5-12)17(2)21(19,20)14-10-16-18(11-14)9-8-15/h4-7,10-11H,3,8-9H2,1-2H3. The molecule has 2 rings (SSSR count). The van der Waals surface area contributed by atoms with E-state index in [-0.39, 0.29) is 4.90 Å². The molecule has 0 amide bonds. The molecule has 0 radical (unpaired) electrons. The molecule has 0 unspecified atom stereocenters. The summed E-state index contributed by atoms with van der Waals surface area (Å²) >= 11 is 5.63. The van der Waals surface area contributed by atoms with Crippen molar-refractivity contribution in [3.05, 3.63) is 42.2 Å². The first-order valence-corrected chi connectivity index (χ1v) is 8.62. The number of aromatic nitrogens is 2. The second-order valence-corrected chi connectivity index (χ2v) is 6.97. The molecule has 0 spiro atoms. The number of sulfonamides is 1. The summed E-state index contributed by atoms with van der Waals surface area (Å²) in [5, 5.41) is 4.00. The summed E-state index contributed by atoms with van der Waals surface area (Å²) in [6, 6.07) is 7.47. The fourth-order valence-electron chi connectivity index (χ4n) is 1.93. The van der Waals surface area contributed by atoms with Crippen LogP contribution in [0.3, 0.4) is 0 Å². The average Bonchev–Trinajstić information content (AvgIpc) is 2.96. The molecule has 0 saturated heterocycles. The van der Waals surface area contributed by atoms with E-state index >= 15 is 0 Å². The first-order valence-electron chi connectivity index (χ1n) is 6.65. The molecule has 0 aliphatic heterocycles. The van der Waals surface area contributed by atoms with Crippen molar-refractivity contribution >= 4 is 27.3 Å². The highest BCUT2D eigenvalue weighted by molar-refractivity contribution is 7.92. The zero-order chi connectivity index (χ0) is 15.5. The lowest BCUT2D eigenvalue weighted by Crippen LogP contribution is -2.26. The highest BCUT2D eigenvalue weighted by atomic mass is 35.5. The summed E-state index contributed by atoms with van der Waals surface area (Å²) in [6.45, 7) is 2.53. The van der Waals surface area contributed by atoms with Crippen LogP contribution < -0.4 is 4.31 Å². The van der Waals surface area contributed by atoms with Gasteiger partial charge in [0.15, 0.2) is 0 Å². The van der Waals surface area contributed by atoms with Gasteiger partial charge in [-0.2, -0.15) is 5.10 Å². The third-order valence-corrected chi connectivity index (χ3v) is 5.20. The summed E-state index contributed by atoms with van der Waals surface area (Å²) in [6.07, 6.45) is 3.76. The van der Waals surface area contributed by atoms with Gasteiger partial charge in [-0.25, -0.2) is 8.42 Å². The fraction of sp³-hybridized carbons (Fsp3) is 0.357. The third-order valence-electron chi connectivity index (χ3n) is 3.29. The van der Waals surface area contributed by atoms with Crippen LogP contribution in [0.2, 0.25) is 0 Å². The predicted molar refractivity (Wildman–Crippen MR) is 84.4 cm³/mol. The molecule has 0 aliphatic carbocycles. The van der Waals surface area contributed by atoms with Crippen molar-refractivity contribution in [3.63, 3.8) is 0 Å². The summed E-state index contributed by atoms with van der Waals surface area (Å²) in [5.74, 6) is 0.384. The van der Waals surface area contributed by atoms with Gasteiger partial charge in [-0.05, 0) is 24.1 Å². The smallest absolute Gasteiger partial charge is 0.267 e. The summed E-state index contributed by atoms with van der Waals surface area (Å²) in [5.41, 5.74) is 1.79. The molecule has 0 bridgehead atoms. The van der Waals surface area contributed by atoms with Crippen molar-refractivity contribution in [2.45, 2.75) is 24.8 Å². The molecule has 0 atom stereocenters. The first-order chi connectivity index (χ1) is 9.98. The van der Waals surface area contributed by atoms with Crippen molar-refractivity contribution in [1.82, 2.24) is 9.78 Å². The first kappa shape index (κ1) is 15.9. The van der Waals surface area contributed by atoms with E-state index in [1.807, 2.05) is 12.1 Å². The minimum absolute atomic E-state index is 0.162. The Bertz CT molecular complexity index is 695. The number of rotatable bonds is 6. The predicted octanol–water partition coefficient (Wildman–Crippen LogP) is 2.51. The Kier molecular flexibility index (Phi) is 4.90. The molecule has 21 heavy (non-hydrogen) atoms. The van der Waals surface area contributed by atoms with Crippen LogP contribution in [-0.4, -0.2) is 31.1 Å². The van der Waals surface area contributed by atoms with Gasteiger partial charge in [0, 0.05) is 19.1 Å². The van der Waals surface area contributed by atoms with Crippen LogP contribution in [0.1, 0.15) is 12.5 Å². The van der Waals surface area contributed by atoms with Gasteiger partial charge >= 0.3 is 0 Å². The Balaban J connectivity index is 2.28. The SMILES string of the molecule is CCc1ccc(N(C)S(=O)(=O)c2cnn(CCCl)c2)cc1. The molecule has 1 aromatic heterocycles. The van der Waals surface area contributed by atoms with Crippen LogP contribution in [0.5, 0.6) is 0 Å². The van der Waals surface area contributed by atoms with Crippen molar-refractivity contribution in [2.75, 3.05) is 17.2 Å². The van der Waals surface area contributed by atoms with Gasteiger partial charge in [0.1, 0.15) is 4.90 Å². The van der Waals surface area contributed by atoms with Crippen molar-refractivity contribution in [1.29, 1.82) is 0 Å². The summed E-state index contributed by atoms with van der Waals surface area (Å²) in [7, 11) is -2.07. The van der Waals surface area contributed by atoms with E-state index in [4.69, 9.17) is 11.6 Å². The second kappa shape index (κ2) is 6.49. The monoisotopic (exact) mass is 327 g/mol. The highest BCUT2D eigenvalue weighted by Crippen LogP contribution is 2.22. The number of hydrogen-bond donors (Lipinski definition) is 0. The maximum Gasteiger partial charge on any atom is 0.267 e. The molecule has 7 heteroatoms. The van der Waals surface area contributed by atoms with Gasteiger partial charge in [-0.3, -0.25) is 8.99 Å². The lowest BCUT2D eigenvalue weighted by molar-refractivity contribution is 0.594. The molecular formula is C14H18ClN3O2S. The molecule has 1 heterocycles. The van der Waals surface area contributed by atoms with Crippen molar-refractivity contribution in [3.8, 4) is 0 Å². The average molecular weight is 328 g/mol.